The molecule has 0 aromatic heterocycles. The minimum atomic E-state index is 0. The van der Waals surface area contributed by atoms with Gasteiger partial charge >= 0.3 is 0 Å². The second-order valence-electron chi connectivity index (χ2n) is 4.49. The van der Waals surface area contributed by atoms with Crippen molar-refractivity contribution in [3.05, 3.63) is 0 Å². The van der Waals surface area contributed by atoms with Crippen molar-refractivity contribution in [2.45, 2.75) is 98.9 Å². The van der Waals surface area contributed by atoms with Crippen molar-refractivity contribution < 1.29 is 0 Å². The summed E-state index contributed by atoms with van der Waals surface area (Å²) in [4.78, 5) is 0. The highest BCUT2D eigenvalue weighted by Crippen LogP contribution is 2.29. The molecule has 0 saturated heterocycles. The fourth-order valence-electron chi connectivity index (χ4n) is 1.78. The van der Waals surface area contributed by atoms with E-state index in [0.29, 0.717) is 0 Å². The van der Waals surface area contributed by atoms with Crippen LogP contribution in [-0.4, -0.2) is 0 Å². The van der Waals surface area contributed by atoms with Crippen LogP contribution in [0.25, 0.3) is 0 Å². The first-order valence-electron chi connectivity index (χ1n) is 5.54. The van der Waals surface area contributed by atoms with Crippen molar-refractivity contribution in [1.82, 2.24) is 0 Å². The summed E-state index contributed by atoms with van der Waals surface area (Å²) in [6.07, 6.45) is 2.64. The van der Waals surface area contributed by atoms with Crippen LogP contribution in [0, 0.1) is 23.7 Å². The third-order valence-corrected chi connectivity index (χ3v) is 3.91. The lowest BCUT2D eigenvalue weighted by molar-refractivity contribution is 0.205. The molecule has 122 valence electrons. The van der Waals surface area contributed by atoms with E-state index in [0.717, 1.165) is 23.7 Å². The highest BCUT2D eigenvalue weighted by atomic mass is 14.3. The SMILES string of the molecule is C.C.C.C.C.C.CCC(C)C(C)C(C)C(C)CC. The molecule has 0 aromatic carbocycles. The molecule has 0 fully saturated rings. The monoisotopic (exact) mass is 266 g/mol. The molecule has 4 atom stereocenters. The number of hydrogen-bond donors (Lipinski definition) is 0. The van der Waals surface area contributed by atoms with Gasteiger partial charge in [0.15, 0.2) is 0 Å². The third-order valence-electron chi connectivity index (χ3n) is 3.91. The minimum absolute atomic E-state index is 0. The van der Waals surface area contributed by atoms with Gasteiger partial charge in [-0.1, -0.05) is 98.9 Å². The smallest absolute Gasteiger partial charge is 0.0389 e. The third kappa shape index (κ3) is 14.1. The highest BCUT2D eigenvalue weighted by Gasteiger charge is 2.21. The average molecular weight is 267 g/mol. The average Bonchev–Trinajstić information content (AvgIpc) is 2.12. The Hall–Kier alpha value is 0. The van der Waals surface area contributed by atoms with Crippen molar-refractivity contribution in [3.63, 3.8) is 0 Å². The van der Waals surface area contributed by atoms with E-state index in [-0.39, 0.29) is 44.6 Å². The van der Waals surface area contributed by atoms with Crippen molar-refractivity contribution in [3.8, 4) is 0 Å². The first-order valence-corrected chi connectivity index (χ1v) is 5.54. The number of rotatable bonds is 5. The van der Waals surface area contributed by atoms with Crippen LogP contribution in [0.1, 0.15) is 98.9 Å². The molecule has 0 radical (unpaired) electrons. The molecule has 0 aliphatic carbocycles. The van der Waals surface area contributed by atoms with E-state index in [1.165, 1.54) is 12.8 Å². The molecular formula is C18H50. The van der Waals surface area contributed by atoms with Crippen LogP contribution < -0.4 is 0 Å². The minimum Gasteiger partial charge on any atom is -0.0776 e. The molecule has 0 amide bonds. The molecule has 0 spiro atoms. The van der Waals surface area contributed by atoms with Crippen LogP contribution in [0.3, 0.4) is 0 Å². The number of hydrogen-bond acceptors (Lipinski definition) is 0. The van der Waals surface area contributed by atoms with Crippen LogP contribution in [0.5, 0.6) is 0 Å². The van der Waals surface area contributed by atoms with Crippen molar-refractivity contribution in [2.24, 2.45) is 23.7 Å². The first-order chi connectivity index (χ1) is 5.54. The van der Waals surface area contributed by atoms with Gasteiger partial charge in [-0.15, -0.1) is 0 Å². The summed E-state index contributed by atoms with van der Waals surface area (Å²) < 4.78 is 0. The van der Waals surface area contributed by atoms with Gasteiger partial charge in [0.2, 0.25) is 0 Å². The Morgan fingerprint density at radius 2 is 0.667 bits per heavy atom. The molecule has 0 N–H and O–H groups in total. The van der Waals surface area contributed by atoms with Crippen molar-refractivity contribution >= 4 is 0 Å². The summed E-state index contributed by atoms with van der Waals surface area (Å²) in [5, 5.41) is 0. The summed E-state index contributed by atoms with van der Waals surface area (Å²) >= 11 is 0. The van der Waals surface area contributed by atoms with E-state index in [1.54, 1.807) is 0 Å². The molecule has 0 heterocycles. The summed E-state index contributed by atoms with van der Waals surface area (Å²) in [6.45, 7) is 14.2. The van der Waals surface area contributed by atoms with Crippen LogP contribution in [0.2, 0.25) is 0 Å². The van der Waals surface area contributed by atoms with Gasteiger partial charge in [0.05, 0.1) is 0 Å². The van der Waals surface area contributed by atoms with E-state index in [2.05, 4.69) is 41.5 Å². The molecular weight excluding hydrogens is 216 g/mol. The molecule has 0 saturated carbocycles. The quantitative estimate of drug-likeness (QED) is 0.470. The fraction of sp³-hybridized carbons (Fsp3) is 1.00. The van der Waals surface area contributed by atoms with Gasteiger partial charge in [-0.25, -0.2) is 0 Å². The fourth-order valence-corrected chi connectivity index (χ4v) is 1.78. The van der Waals surface area contributed by atoms with E-state index >= 15 is 0 Å². The van der Waals surface area contributed by atoms with Gasteiger partial charge in [-0.2, -0.15) is 0 Å². The summed E-state index contributed by atoms with van der Waals surface area (Å²) in [6, 6.07) is 0. The van der Waals surface area contributed by atoms with Crippen LogP contribution in [0.15, 0.2) is 0 Å². The van der Waals surface area contributed by atoms with Crippen LogP contribution in [0.4, 0.5) is 0 Å². The van der Waals surface area contributed by atoms with Crippen molar-refractivity contribution in [2.75, 3.05) is 0 Å². The molecule has 0 rings (SSSR count). The molecule has 18 heavy (non-hydrogen) atoms. The summed E-state index contributed by atoms with van der Waals surface area (Å²) in [7, 11) is 0. The second-order valence-corrected chi connectivity index (χ2v) is 4.49. The maximum absolute atomic E-state index is 2.41. The standard InChI is InChI=1S/C12H26.6CH4/c1-7-9(3)11(5)12(6)10(4)8-2;;;;;;/h9-12H,7-8H2,1-6H3;6*1H4. The Morgan fingerprint density at radius 1 is 0.500 bits per heavy atom. The molecule has 0 bridgehead atoms. The van der Waals surface area contributed by atoms with Crippen LogP contribution in [-0.2, 0) is 0 Å². The Kier molecular flexibility index (Phi) is 53.0. The summed E-state index contributed by atoms with van der Waals surface area (Å²) in [5.74, 6) is 3.53. The molecule has 0 aromatic rings. The van der Waals surface area contributed by atoms with Gasteiger partial charge in [-0.3, -0.25) is 0 Å². The lowest BCUT2D eigenvalue weighted by atomic mass is 9.77. The maximum atomic E-state index is 2.41. The van der Waals surface area contributed by atoms with E-state index in [4.69, 9.17) is 0 Å². The Labute approximate surface area is 123 Å². The predicted octanol–water partition coefficient (Wildman–Crippen LogP) is 8.17. The highest BCUT2D eigenvalue weighted by molar-refractivity contribution is 4.70. The maximum Gasteiger partial charge on any atom is -0.0389 e. The molecule has 0 nitrogen and oxygen atoms in total. The lowest BCUT2D eigenvalue weighted by Crippen LogP contribution is -2.21. The van der Waals surface area contributed by atoms with Gasteiger partial charge < -0.3 is 0 Å². The van der Waals surface area contributed by atoms with Gasteiger partial charge in [0.1, 0.15) is 0 Å². The first kappa shape index (κ1) is 43.0. The van der Waals surface area contributed by atoms with Gasteiger partial charge in [0, 0.05) is 0 Å². The molecule has 0 aliphatic rings. The molecule has 4 unspecified atom stereocenters. The lowest BCUT2D eigenvalue weighted by Gasteiger charge is -2.29. The van der Waals surface area contributed by atoms with Gasteiger partial charge in [0.25, 0.3) is 0 Å². The zero-order valence-electron chi connectivity index (χ0n) is 9.72. The van der Waals surface area contributed by atoms with E-state index < -0.39 is 0 Å². The Morgan fingerprint density at radius 3 is 0.778 bits per heavy atom. The summed E-state index contributed by atoms with van der Waals surface area (Å²) in [5.41, 5.74) is 0. The largest absolute Gasteiger partial charge is 0.0776 e. The Bertz CT molecular complexity index is 92.6. The Balaban J connectivity index is -0.0000000403. The van der Waals surface area contributed by atoms with Crippen molar-refractivity contribution in [1.29, 1.82) is 0 Å². The van der Waals surface area contributed by atoms with Gasteiger partial charge in [-0.05, 0) is 23.7 Å². The normalized spacial score (nSPS) is 14.3. The van der Waals surface area contributed by atoms with E-state index in [1.807, 2.05) is 0 Å². The van der Waals surface area contributed by atoms with Crippen LogP contribution >= 0.6 is 0 Å². The van der Waals surface area contributed by atoms with E-state index in [9.17, 15) is 0 Å². The topological polar surface area (TPSA) is 0 Å². The predicted molar refractivity (Wildman–Crippen MR) is 97.6 cm³/mol. The zero-order valence-corrected chi connectivity index (χ0v) is 9.72. The molecule has 0 aliphatic heterocycles. The zero-order chi connectivity index (χ0) is 9.72. The second kappa shape index (κ2) is 22.2. The molecule has 0 heteroatoms.